The average molecular weight is 421 g/mol. The van der Waals surface area contributed by atoms with Gasteiger partial charge in [0.05, 0.1) is 11.3 Å². The van der Waals surface area contributed by atoms with Gasteiger partial charge in [0.2, 0.25) is 0 Å². The van der Waals surface area contributed by atoms with Gasteiger partial charge in [-0.05, 0) is 66.9 Å². The second-order valence-electron chi connectivity index (χ2n) is 7.16. The Morgan fingerprint density at radius 1 is 0.867 bits per heavy atom. The summed E-state index contributed by atoms with van der Waals surface area (Å²) in [6.07, 6.45) is 0. The minimum Gasteiger partial charge on any atom is -0.350 e. The van der Waals surface area contributed by atoms with Crippen LogP contribution in [0.2, 0.25) is 5.02 Å². The zero-order chi connectivity index (χ0) is 21.4. The molecule has 0 saturated carbocycles. The van der Waals surface area contributed by atoms with E-state index in [9.17, 15) is 14.0 Å². The molecule has 0 fully saturated rings. The van der Waals surface area contributed by atoms with Crippen LogP contribution in [-0.2, 0) is 9.59 Å². The Kier molecular flexibility index (Phi) is 5.14. The van der Waals surface area contributed by atoms with Crippen molar-refractivity contribution in [1.82, 2.24) is 0 Å². The van der Waals surface area contributed by atoms with Crippen molar-refractivity contribution in [1.29, 1.82) is 0 Å². The number of carbonyl (C=O) groups is 2. The summed E-state index contributed by atoms with van der Waals surface area (Å²) in [6, 6.07) is 18.1. The number of nitrogens with zero attached hydrogens (tertiary/aromatic N) is 1. The first-order chi connectivity index (χ1) is 14.3. The summed E-state index contributed by atoms with van der Waals surface area (Å²) < 4.78 is 14.4. The SMILES string of the molecule is Cc1cc(C)cc(NC2=C(c3ccc(Cl)cc3)C(=O)N(c3ccccc3F)C2=O)c1. The van der Waals surface area contributed by atoms with Crippen LogP contribution in [0.4, 0.5) is 15.8 Å². The van der Waals surface area contributed by atoms with Crippen LogP contribution in [0, 0.1) is 19.7 Å². The van der Waals surface area contributed by atoms with Gasteiger partial charge < -0.3 is 5.32 Å². The first kappa shape index (κ1) is 19.9. The van der Waals surface area contributed by atoms with Crippen LogP contribution in [0.25, 0.3) is 5.57 Å². The molecule has 0 unspecified atom stereocenters. The third-order valence-electron chi connectivity index (χ3n) is 4.80. The molecule has 4 rings (SSSR count). The predicted molar refractivity (Wildman–Crippen MR) is 117 cm³/mol. The van der Waals surface area contributed by atoms with E-state index in [0.717, 1.165) is 16.0 Å². The maximum atomic E-state index is 14.4. The average Bonchev–Trinajstić information content (AvgIpc) is 2.92. The van der Waals surface area contributed by atoms with Crippen molar-refractivity contribution in [2.45, 2.75) is 13.8 Å². The summed E-state index contributed by atoms with van der Waals surface area (Å²) >= 11 is 5.99. The number of hydrogen-bond acceptors (Lipinski definition) is 3. The number of benzene rings is 3. The van der Waals surface area contributed by atoms with E-state index < -0.39 is 17.6 Å². The van der Waals surface area contributed by atoms with Gasteiger partial charge in [-0.1, -0.05) is 41.9 Å². The minimum atomic E-state index is -0.651. The fourth-order valence-corrected chi connectivity index (χ4v) is 3.70. The van der Waals surface area contributed by atoms with Gasteiger partial charge in [0.25, 0.3) is 11.8 Å². The topological polar surface area (TPSA) is 49.4 Å². The Morgan fingerprint density at radius 3 is 2.13 bits per heavy atom. The van der Waals surface area contributed by atoms with Crippen LogP contribution in [0.1, 0.15) is 16.7 Å². The predicted octanol–water partition coefficient (Wildman–Crippen LogP) is 5.49. The highest BCUT2D eigenvalue weighted by atomic mass is 35.5. The maximum Gasteiger partial charge on any atom is 0.282 e. The zero-order valence-corrected chi connectivity index (χ0v) is 17.1. The summed E-state index contributed by atoms with van der Waals surface area (Å²) in [5, 5.41) is 3.60. The first-order valence-electron chi connectivity index (χ1n) is 9.34. The molecule has 4 nitrogen and oxygen atoms in total. The Bertz CT molecular complexity index is 1180. The molecule has 0 aliphatic carbocycles. The Labute approximate surface area is 178 Å². The lowest BCUT2D eigenvalue weighted by Crippen LogP contribution is -2.33. The molecule has 1 aliphatic rings. The number of amides is 2. The summed E-state index contributed by atoms with van der Waals surface area (Å²) in [6.45, 7) is 3.89. The van der Waals surface area contributed by atoms with Crippen LogP contribution in [0.3, 0.4) is 0 Å². The molecular weight excluding hydrogens is 403 g/mol. The van der Waals surface area contributed by atoms with Gasteiger partial charge in [-0.15, -0.1) is 0 Å². The number of aryl methyl sites for hydroxylation is 2. The highest BCUT2D eigenvalue weighted by Gasteiger charge is 2.41. The molecule has 0 saturated heterocycles. The summed E-state index contributed by atoms with van der Waals surface area (Å²) in [4.78, 5) is 27.4. The van der Waals surface area contributed by atoms with Crippen molar-refractivity contribution < 1.29 is 14.0 Å². The first-order valence-corrected chi connectivity index (χ1v) is 9.72. The molecule has 30 heavy (non-hydrogen) atoms. The van der Waals surface area contributed by atoms with Crippen LogP contribution in [0.15, 0.2) is 72.4 Å². The van der Waals surface area contributed by atoms with Gasteiger partial charge in [-0.2, -0.15) is 0 Å². The van der Waals surface area contributed by atoms with Gasteiger partial charge in [0.15, 0.2) is 0 Å². The van der Waals surface area contributed by atoms with Crippen molar-refractivity contribution in [2.75, 3.05) is 10.2 Å². The smallest absolute Gasteiger partial charge is 0.282 e. The molecule has 6 heteroatoms. The molecule has 1 N–H and O–H groups in total. The zero-order valence-electron chi connectivity index (χ0n) is 16.4. The molecule has 0 bridgehead atoms. The Hall–Kier alpha value is -3.44. The Balaban J connectivity index is 1.86. The van der Waals surface area contributed by atoms with E-state index >= 15 is 0 Å². The summed E-state index contributed by atoms with van der Waals surface area (Å²) in [5.74, 6) is -1.86. The fraction of sp³-hybridized carbons (Fsp3) is 0.0833. The fourth-order valence-electron chi connectivity index (χ4n) is 3.57. The lowest BCUT2D eigenvalue weighted by molar-refractivity contribution is -0.120. The molecule has 1 aliphatic heterocycles. The van der Waals surface area contributed by atoms with Crippen molar-refractivity contribution in [3.05, 3.63) is 100.0 Å². The number of imide groups is 1. The van der Waals surface area contributed by atoms with Crippen molar-refractivity contribution in [3.63, 3.8) is 0 Å². The highest BCUT2D eigenvalue weighted by molar-refractivity contribution is 6.46. The monoisotopic (exact) mass is 420 g/mol. The van der Waals surface area contributed by atoms with Crippen LogP contribution in [0.5, 0.6) is 0 Å². The van der Waals surface area contributed by atoms with Crippen molar-refractivity contribution in [2.24, 2.45) is 0 Å². The molecule has 1 heterocycles. The molecule has 0 spiro atoms. The summed E-state index contributed by atoms with van der Waals surface area (Å²) in [7, 11) is 0. The second kappa shape index (κ2) is 7.76. The van der Waals surface area contributed by atoms with Crippen LogP contribution >= 0.6 is 11.6 Å². The van der Waals surface area contributed by atoms with Gasteiger partial charge in [0.1, 0.15) is 11.5 Å². The molecule has 2 amide bonds. The minimum absolute atomic E-state index is 0.0869. The molecule has 0 atom stereocenters. The number of anilines is 2. The normalized spacial score (nSPS) is 13.9. The second-order valence-corrected chi connectivity index (χ2v) is 7.59. The number of halogens is 2. The standard InChI is InChI=1S/C24H18ClFN2O2/c1-14-11-15(2)13-18(12-14)27-22-21(16-7-9-17(25)10-8-16)23(29)28(24(22)30)20-6-4-3-5-19(20)26/h3-13,27H,1-2H3. The number of rotatable bonds is 4. The van der Waals surface area contributed by atoms with E-state index in [-0.39, 0.29) is 17.0 Å². The van der Waals surface area contributed by atoms with Crippen molar-refractivity contribution in [3.8, 4) is 0 Å². The summed E-state index contributed by atoms with van der Waals surface area (Å²) in [5.41, 5.74) is 3.38. The Morgan fingerprint density at radius 2 is 1.50 bits per heavy atom. The van der Waals surface area contributed by atoms with E-state index in [1.807, 2.05) is 32.0 Å². The number of nitrogens with one attached hydrogen (secondary N) is 1. The van der Waals surface area contributed by atoms with E-state index in [0.29, 0.717) is 16.3 Å². The third-order valence-corrected chi connectivity index (χ3v) is 5.05. The molecule has 150 valence electrons. The third kappa shape index (κ3) is 3.60. The molecule has 3 aromatic rings. The van der Waals surface area contributed by atoms with Crippen LogP contribution < -0.4 is 10.2 Å². The van der Waals surface area contributed by atoms with E-state index in [1.54, 1.807) is 30.3 Å². The van der Waals surface area contributed by atoms with Gasteiger partial charge in [0, 0.05) is 10.7 Å². The number of hydrogen-bond donors (Lipinski definition) is 1. The maximum absolute atomic E-state index is 14.4. The molecule has 0 radical (unpaired) electrons. The van der Waals surface area contributed by atoms with Gasteiger partial charge in [-0.25, -0.2) is 9.29 Å². The van der Waals surface area contributed by atoms with Crippen molar-refractivity contribution >= 4 is 40.4 Å². The largest absolute Gasteiger partial charge is 0.350 e. The molecule has 0 aromatic heterocycles. The number of para-hydroxylation sites is 1. The molecular formula is C24H18ClFN2O2. The number of carbonyl (C=O) groups excluding carboxylic acids is 2. The lowest BCUT2D eigenvalue weighted by atomic mass is 10.0. The van der Waals surface area contributed by atoms with E-state index in [1.165, 1.54) is 18.2 Å². The van der Waals surface area contributed by atoms with E-state index in [2.05, 4.69) is 5.32 Å². The lowest BCUT2D eigenvalue weighted by Gasteiger charge is -2.16. The van der Waals surface area contributed by atoms with E-state index in [4.69, 9.17) is 11.6 Å². The van der Waals surface area contributed by atoms with Gasteiger partial charge in [-0.3, -0.25) is 9.59 Å². The van der Waals surface area contributed by atoms with Crippen LogP contribution in [-0.4, -0.2) is 11.8 Å². The van der Waals surface area contributed by atoms with Gasteiger partial charge >= 0.3 is 0 Å². The quantitative estimate of drug-likeness (QED) is 0.567. The highest BCUT2D eigenvalue weighted by Crippen LogP contribution is 2.35. The molecule has 3 aromatic carbocycles.